The third-order valence-electron chi connectivity index (χ3n) is 2.53. The van der Waals surface area contributed by atoms with E-state index in [0.717, 1.165) is 5.69 Å². The number of aryl methyl sites for hydroxylation is 1. The first-order valence-corrected chi connectivity index (χ1v) is 7.46. The predicted molar refractivity (Wildman–Crippen MR) is 73.9 cm³/mol. The molecule has 18 heavy (non-hydrogen) atoms. The number of amides is 1. The molecule has 1 heterocycles. The minimum Gasteiger partial charge on any atom is -0.398 e. The number of hydrogen-bond acceptors (Lipinski definition) is 4. The fourth-order valence-corrected chi connectivity index (χ4v) is 2.17. The minimum atomic E-state index is -0.841. The Labute approximate surface area is 110 Å². The Morgan fingerprint density at radius 2 is 2.28 bits per heavy atom. The van der Waals surface area contributed by atoms with Gasteiger partial charge in [-0.15, -0.1) is 0 Å². The van der Waals surface area contributed by atoms with E-state index < -0.39 is 10.8 Å². The Balaban J connectivity index is 2.62. The normalized spacial score (nSPS) is 13.9. The van der Waals surface area contributed by atoms with Crippen molar-refractivity contribution in [2.75, 3.05) is 17.7 Å². The average Bonchev–Trinajstić information content (AvgIpc) is 2.26. The summed E-state index contributed by atoms with van der Waals surface area (Å²) in [4.78, 5) is 16.0. The third-order valence-corrected chi connectivity index (χ3v) is 3.34. The van der Waals surface area contributed by atoms with Crippen molar-refractivity contribution in [2.24, 2.45) is 0 Å². The lowest BCUT2D eigenvalue weighted by Crippen LogP contribution is -2.34. The smallest absolute Gasteiger partial charge is 0.255 e. The predicted octanol–water partition coefficient (Wildman–Crippen LogP) is 0.859. The highest BCUT2D eigenvalue weighted by Gasteiger charge is 2.13. The van der Waals surface area contributed by atoms with E-state index in [2.05, 4.69) is 10.3 Å². The molecular formula is C12H19N3O2S. The zero-order valence-corrected chi connectivity index (χ0v) is 11.7. The summed E-state index contributed by atoms with van der Waals surface area (Å²) < 4.78 is 11.0. The van der Waals surface area contributed by atoms with E-state index in [0.29, 0.717) is 23.4 Å². The van der Waals surface area contributed by atoms with E-state index in [1.165, 1.54) is 6.20 Å². The van der Waals surface area contributed by atoms with Gasteiger partial charge >= 0.3 is 0 Å². The number of anilines is 1. The van der Waals surface area contributed by atoms with Gasteiger partial charge in [0.15, 0.2) is 0 Å². The minimum absolute atomic E-state index is 0.0397. The van der Waals surface area contributed by atoms with Crippen LogP contribution >= 0.6 is 0 Å². The van der Waals surface area contributed by atoms with Crippen molar-refractivity contribution in [3.8, 4) is 0 Å². The Bertz CT molecular complexity index is 463. The maximum atomic E-state index is 11.9. The second-order valence-electron chi connectivity index (χ2n) is 4.35. The number of carbonyl (C=O) groups excluding carboxylic acids is 1. The van der Waals surface area contributed by atoms with Gasteiger partial charge in [-0.1, -0.05) is 0 Å². The zero-order chi connectivity index (χ0) is 13.7. The number of rotatable bonds is 5. The van der Waals surface area contributed by atoms with Gasteiger partial charge in [-0.2, -0.15) is 0 Å². The SMILES string of the molecule is Cc1cc(N)c(C(=O)NC(C)CCS(C)=O)cn1. The lowest BCUT2D eigenvalue weighted by atomic mass is 10.2. The summed E-state index contributed by atoms with van der Waals surface area (Å²) in [6.45, 7) is 3.69. The average molecular weight is 269 g/mol. The standard InChI is InChI=1S/C12H19N3O2S/c1-8(4-5-18(3)17)15-12(16)10-7-14-9(2)6-11(10)13/h6-8H,4-5H2,1-3H3,(H2,13,14)(H,15,16). The van der Waals surface area contributed by atoms with E-state index in [-0.39, 0.29) is 11.9 Å². The maximum absolute atomic E-state index is 11.9. The van der Waals surface area contributed by atoms with Crippen LogP contribution in [-0.4, -0.2) is 33.2 Å². The number of aromatic nitrogens is 1. The number of nitrogens with two attached hydrogens (primary N) is 1. The molecule has 0 aliphatic rings. The van der Waals surface area contributed by atoms with Crippen LogP contribution in [0.4, 0.5) is 5.69 Å². The third kappa shape index (κ3) is 4.44. The van der Waals surface area contributed by atoms with Crippen LogP contribution in [-0.2, 0) is 10.8 Å². The number of nitrogens with one attached hydrogen (secondary N) is 1. The van der Waals surface area contributed by atoms with Crippen molar-refractivity contribution in [3.05, 3.63) is 23.5 Å². The quantitative estimate of drug-likeness (QED) is 0.830. The van der Waals surface area contributed by atoms with Gasteiger partial charge in [-0.05, 0) is 26.3 Å². The summed E-state index contributed by atoms with van der Waals surface area (Å²) in [6, 6.07) is 1.63. The lowest BCUT2D eigenvalue weighted by molar-refractivity contribution is 0.0940. The van der Waals surface area contributed by atoms with Crippen LogP contribution in [0.25, 0.3) is 0 Å². The molecule has 5 nitrogen and oxygen atoms in total. The van der Waals surface area contributed by atoms with Crippen LogP contribution in [0.1, 0.15) is 29.4 Å². The second kappa shape index (κ2) is 6.49. The summed E-state index contributed by atoms with van der Waals surface area (Å²) >= 11 is 0. The van der Waals surface area contributed by atoms with Gasteiger partial charge in [0.25, 0.3) is 5.91 Å². The van der Waals surface area contributed by atoms with Crippen LogP contribution in [0.5, 0.6) is 0 Å². The molecule has 1 aromatic rings. The molecule has 1 rings (SSSR count). The first-order valence-electron chi connectivity index (χ1n) is 5.73. The molecule has 0 radical (unpaired) electrons. The molecule has 100 valence electrons. The molecule has 0 saturated heterocycles. The number of carbonyl (C=O) groups is 1. The molecule has 0 aliphatic carbocycles. The van der Waals surface area contributed by atoms with Gasteiger partial charge in [0, 0.05) is 46.4 Å². The molecule has 6 heteroatoms. The van der Waals surface area contributed by atoms with Crippen LogP contribution in [0.2, 0.25) is 0 Å². The Morgan fingerprint density at radius 3 is 2.83 bits per heavy atom. The summed E-state index contributed by atoms with van der Waals surface area (Å²) in [5, 5.41) is 2.82. The molecule has 0 spiro atoms. The van der Waals surface area contributed by atoms with E-state index >= 15 is 0 Å². The highest BCUT2D eigenvalue weighted by Crippen LogP contribution is 2.11. The van der Waals surface area contributed by atoms with Crippen LogP contribution in [0.15, 0.2) is 12.3 Å². The van der Waals surface area contributed by atoms with Gasteiger partial charge in [-0.3, -0.25) is 14.0 Å². The molecule has 0 aromatic carbocycles. The molecule has 3 N–H and O–H groups in total. The van der Waals surface area contributed by atoms with Gasteiger partial charge in [0.05, 0.1) is 5.56 Å². The first-order chi connectivity index (χ1) is 8.40. The van der Waals surface area contributed by atoms with Gasteiger partial charge in [0.1, 0.15) is 0 Å². The van der Waals surface area contributed by atoms with Gasteiger partial charge in [-0.25, -0.2) is 0 Å². The van der Waals surface area contributed by atoms with Crippen LogP contribution in [0.3, 0.4) is 0 Å². The summed E-state index contributed by atoms with van der Waals surface area (Å²) in [5.74, 6) is 0.331. The van der Waals surface area contributed by atoms with Crippen molar-refractivity contribution in [2.45, 2.75) is 26.3 Å². The molecule has 0 fully saturated rings. The Hall–Kier alpha value is -1.43. The van der Waals surface area contributed by atoms with E-state index in [4.69, 9.17) is 5.73 Å². The summed E-state index contributed by atoms with van der Waals surface area (Å²) in [5.41, 5.74) is 7.35. The van der Waals surface area contributed by atoms with Gasteiger partial charge in [0.2, 0.25) is 0 Å². The van der Waals surface area contributed by atoms with Crippen LogP contribution < -0.4 is 11.1 Å². The number of nitrogen functional groups attached to an aromatic ring is 1. The van der Waals surface area contributed by atoms with Crippen LogP contribution in [0, 0.1) is 6.92 Å². The molecule has 1 amide bonds. The van der Waals surface area contributed by atoms with Crippen molar-refractivity contribution in [1.82, 2.24) is 10.3 Å². The summed E-state index contributed by atoms with van der Waals surface area (Å²) in [6.07, 6.45) is 3.80. The molecule has 0 aliphatic heterocycles. The van der Waals surface area contributed by atoms with Crippen molar-refractivity contribution >= 4 is 22.4 Å². The number of hydrogen-bond donors (Lipinski definition) is 2. The molecule has 0 saturated carbocycles. The Kier molecular flexibility index (Phi) is 5.27. The highest BCUT2D eigenvalue weighted by atomic mass is 32.2. The first kappa shape index (κ1) is 14.6. The number of pyridine rings is 1. The fourth-order valence-electron chi connectivity index (χ4n) is 1.49. The van der Waals surface area contributed by atoms with Gasteiger partial charge < -0.3 is 11.1 Å². The molecule has 2 atom stereocenters. The molecular weight excluding hydrogens is 250 g/mol. The van der Waals surface area contributed by atoms with E-state index in [1.807, 2.05) is 13.8 Å². The molecule has 0 bridgehead atoms. The molecule has 2 unspecified atom stereocenters. The van der Waals surface area contributed by atoms with Crippen molar-refractivity contribution in [1.29, 1.82) is 0 Å². The van der Waals surface area contributed by atoms with E-state index in [9.17, 15) is 9.00 Å². The second-order valence-corrected chi connectivity index (χ2v) is 5.91. The summed E-state index contributed by atoms with van der Waals surface area (Å²) in [7, 11) is -0.841. The van der Waals surface area contributed by atoms with E-state index in [1.54, 1.807) is 12.3 Å². The maximum Gasteiger partial charge on any atom is 0.255 e. The fraction of sp³-hybridized carbons (Fsp3) is 0.500. The Morgan fingerprint density at radius 1 is 1.61 bits per heavy atom. The number of nitrogens with zero attached hydrogens (tertiary/aromatic N) is 1. The zero-order valence-electron chi connectivity index (χ0n) is 10.9. The largest absolute Gasteiger partial charge is 0.398 e. The highest BCUT2D eigenvalue weighted by molar-refractivity contribution is 7.84. The monoisotopic (exact) mass is 269 g/mol. The lowest BCUT2D eigenvalue weighted by Gasteiger charge is -2.14. The topological polar surface area (TPSA) is 85.1 Å². The van der Waals surface area contributed by atoms with Crippen molar-refractivity contribution < 1.29 is 9.00 Å². The van der Waals surface area contributed by atoms with Crippen molar-refractivity contribution in [3.63, 3.8) is 0 Å². The molecule has 1 aromatic heterocycles.